The summed E-state index contributed by atoms with van der Waals surface area (Å²) in [5, 5.41) is 0. The Balaban J connectivity index is 1.47. The molecule has 1 aromatic heterocycles. The first-order valence-electron chi connectivity index (χ1n) is 8.41. The summed E-state index contributed by atoms with van der Waals surface area (Å²) >= 11 is 1.50. The van der Waals surface area contributed by atoms with Gasteiger partial charge in [-0.25, -0.2) is 4.39 Å². The summed E-state index contributed by atoms with van der Waals surface area (Å²) in [5.74, 6) is -0.128. The molecule has 132 valence electrons. The lowest BCUT2D eigenvalue weighted by molar-refractivity contribution is -0.132. The van der Waals surface area contributed by atoms with Crippen molar-refractivity contribution in [2.24, 2.45) is 0 Å². The number of halogens is 1. The van der Waals surface area contributed by atoms with Gasteiger partial charge in [-0.15, -0.1) is 11.3 Å². The average Bonchev–Trinajstić information content (AvgIpc) is 3.07. The third kappa shape index (κ3) is 4.45. The number of aryl methyl sites for hydroxylation is 2. The van der Waals surface area contributed by atoms with Gasteiger partial charge in [0.1, 0.15) is 5.82 Å². The van der Waals surface area contributed by atoms with Gasteiger partial charge in [0.25, 0.3) is 5.91 Å². The number of thiophene rings is 1. The largest absolute Gasteiger partial charge is 0.339 e. The van der Waals surface area contributed by atoms with Crippen molar-refractivity contribution in [2.45, 2.75) is 19.8 Å². The van der Waals surface area contributed by atoms with Gasteiger partial charge in [-0.1, -0.05) is 12.1 Å². The smallest absolute Gasteiger partial charge is 0.264 e. The first-order valence-corrected chi connectivity index (χ1v) is 9.22. The average molecular weight is 360 g/mol. The van der Waals surface area contributed by atoms with Gasteiger partial charge in [-0.3, -0.25) is 9.59 Å². The minimum atomic E-state index is -0.267. The molecule has 1 aromatic carbocycles. The van der Waals surface area contributed by atoms with Crippen LogP contribution in [-0.4, -0.2) is 47.8 Å². The molecule has 0 aliphatic carbocycles. The van der Waals surface area contributed by atoms with Crippen LogP contribution in [-0.2, 0) is 11.2 Å². The molecule has 0 bridgehead atoms. The van der Waals surface area contributed by atoms with Gasteiger partial charge in [0.05, 0.1) is 4.88 Å². The molecular formula is C19H21FN2O2S. The highest BCUT2D eigenvalue weighted by molar-refractivity contribution is 7.13. The van der Waals surface area contributed by atoms with Gasteiger partial charge in [-0.2, -0.15) is 0 Å². The Morgan fingerprint density at radius 2 is 1.64 bits per heavy atom. The van der Waals surface area contributed by atoms with Crippen LogP contribution in [0.3, 0.4) is 0 Å². The molecule has 2 amide bonds. The molecule has 0 atom stereocenters. The molecule has 6 heteroatoms. The zero-order chi connectivity index (χ0) is 17.8. The van der Waals surface area contributed by atoms with Gasteiger partial charge in [0.2, 0.25) is 5.91 Å². The minimum absolute atomic E-state index is 0.0523. The molecular weight excluding hydrogens is 339 g/mol. The van der Waals surface area contributed by atoms with E-state index in [4.69, 9.17) is 0 Å². The van der Waals surface area contributed by atoms with Crippen molar-refractivity contribution in [3.8, 4) is 0 Å². The van der Waals surface area contributed by atoms with E-state index in [-0.39, 0.29) is 17.6 Å². The molecule has 3 rings (SSSR count). The zero-order valence-electron chi connectivity index (χ0n) is 14.2. The molecule has 1 aliphatic rings. The van der Waals surface area contributed by atoms with Gasteiger partial charge >= 0.3 is 0 Å². The molecule has 1 fully saturated rings. The van der Waals surface area contributed by atoms with E-state index in [1.54, 1.807) is 12.1 Å². The summed E-state index contributed by atoms with van der Waals surface area (Å²) in [4.78, 5) is 30.3. The topological polar surface area (TPSA) is 40.6 Å². The van der Waals surface area contributed by atoms with E-state index in [0.717, 1.165) is 15.3 Å². The molecule has 25 heavy (non-hydrogen) atoms. The van der Waals surface area contributed by atoms with Gasteiger partial charge < -0.3 is 9.80 Å². The summed E-state index contributed by atoms with van der Waals surface area (Å²) in [6.07, 6.45) is 1.01. The van der Waals surface area contributed by atoms with Crippen LogP contribution in [0, 0.1) is 12.7 Å². The molecule has 4 nitrogen and oxygen atoms in total. The normalized spacial score (nSPS) is 14.6. The van der Waals surface area contributed by atoms with Crippen LogP contribution in [0.5, 0.6) is 0 Å². The Kier molecular flexibility index (Phi) is 5.48. The van der Waals surface area contributed by atoms with E-state index in [1.807, 2.05) is 28.9 Å². The Labute approximate surface area is 150 Å². The van der Waals surface area contributed by atoms with Crippen LogP contribution in [0.2, 0.25) is 0 Å². The Morgan fingerprint density at radius 1 is 1.00 bits per heavy atom. The Hall–Kier alpha value is -2.21. The van der Waals surface area contributed by atoms with Crippen molar-refractivity contribution in [2.75, 3.05) is 26.2 Å². The third-order valence-electron chi connectivity index (χ3n) is 4.41. The van der Waals surface area contributed by atoms with Crippen molar-refractivity contribution >= 4 is 23.2 Å². The summed E-state index contributed by atoms with van der Waals surface area (Å²) < 4.78 is 12.9. The fourth-order valence-electron chi connectivity index (χ4n) is 2.92. The highest BCUT2D eigenvalue weighted by Gasteiger charge is 2.25. The van der Waals surface area contributed by atoms with Crippen LogP contribution in [0.1, 0.15) is 26.5 Å². The van der Waals surface area contributed by atoms with Crippen molar-refractivity contribution in [1.29, 1.82) is 0 Å². The summed E-state index contributed by atoms with van der Waals surface area (Å²) in [6.45, 7) is 4.26. The number of piperazine rings is 1. The Bertz CT molecular complexity index is 749. The van der Waals surface area contributed by atoms with E-state index < -0.39 is 0 Å². The van der Waals surface area contributed by atoms with E-state index in [2.05, 4.69) is 0 Å². The number of hydrogen-bond donors (Lipinski definition) is 0. The van der Waals surface area contributed by atoms with E-state index in [1.165, 1.54) is 23.5 Å². The number of carbonyl (C=O) groups is 2. The standard InChI is InChI=1S/C19H21FN2O2S/c1-14-2-8-17(25-14)19(24)22-12-10-21(11-13-22)18(23)9-5-15-3-6-16(20)7-4-15/h2-4,6-8H,5,9-13H2,1H3. The second-order valence-corrected chi connectivity index (χ2v) is 7.50. The van der Waals surface area contributed by atoms with Crippen LogP contribution in [0.15, 0.2) is 36.4 Å². The number of carbonyl (C=O) groups excluding carboxylic acids is 2. The maximum absolute atomic E-state index is 12.9. The molecule has 0 saturated carbocycles. The van der Waals surface area contributed by atoms with Crippen molar-refractivity contribution in [1.82, 2.24) is 9.80 Å². The van der Waals surface area contributed by atoms with Crippen molar-refractivity contribution in [3.05, 3.63) is 57.5 Å². The number of nitrogens with zero attached hydrogens (tertiary/aromatic N) is 2. The quantitative estimate of drug-likeness (QED) is 0.841. The van der Waals surface area contributed by atoms with Gasteiger partial charge in [0.15, 0.2) is 0 Å². The number of rotatable bonds is 4. The minimum Gasteiger partial charge on any atom is -0.339 e. The SMILES string of the molecule is Cc1ccc(C(=O)N2CCN(C(=O)CCc3ccc(F)cc3)CC2)s1. The van der Waals surface area contributed by atoms with E-state index >= 15 is 0 Å². The molecule has 2 aromatic rings. The van der Waals surface area contributed by atoms with Crippen molar-refractivity contribution in [3.63, 3.8) is 0 Å². The molecule has 1 aliphatic heterocycles. The lowest BCUT2D eigenvalue weighted by atomic mass is 10.1. The fourth-order valence-corrected chi connectivity index (χ4v) is 3.76. The van der Waals surface area contributed by atoms with Gasteiger partial charge in [-0.05, 0) is 43.2 Å². The predicted molar refractivity (Wildman–Crippen MR) is 96.3 cm³/mol. The number of benzene rings is 1. The van der Waals surface area contributed by atoms with Crippen LogP contribution in [0.4, 0.5) is 4.39 Å². The maximum atomic E-state index is 12.9. The predicted octanol–water partition coefficient (Wildman–Crippen LogP) is 3.11. The molecule has 2 heterocycles. The van der Waals surface area contributed by atoms with Crippen LogP contribution >= 0.6 is 11.3 Å². The number of hydrogen-bond acceptors (Lipinski definition) is 3. The summed E-state index contributed by atoms with van der Waals surface area (Å²) in [5.41, 5.74) is 0.955. The van der Waals surface area contributed by atoms with E-state index in [9.17, 15) is 14.0 Å². The monoisotopic (exact) mass is 360 g/mol. The number of amides is 2. The third-order valence-corrected chi connectivity index (χ3v) is 5.40. The lowest BCUT2D eigenvalue weighted by Crippen LogP contribution is -2.50. The zero-order valence-corrected chi connectivity index (χ0v) is 15.0. The maximum Gasteiger partial charge on any atom is 0.264 e. The second-order valence-electron chi connectivity index (χ2n) is 6.21. The molecule has 0 N–H and O–H groups in total. The molecule has 0 spiro atoms. The Morgan fingerprint density at radius 3 is 2.24 bits per heavy atom. The highest BCUT2D eigenvalue weighted by atomic mass is 32.1. The fraction of sp³-hybridized carbons (Fsp3) is 0.368. The van der Waals surface area contributed by atoms with Crippen LogP contribution in [0.25, 0.3) is 0 Å². The second kappa shape index (κ2) is 7.78. The highest BCUT2D eigenvalue weighted by Crippen LogP contribution is 2.18. The van der Waals surface area contributed by atoms with Gasteiger partial charge in [0, 0.05) is 37.5 Å². The van der Waals surface area contributed by atoms with Crippen molar-refractivity contribution < 1.29 is 14.0 Å². The molecule has 0 radical (unpaired) electrons. The lowest BCUT2D eigenvalue weighted by Gasteiger charge is -2.34. The summed E-state index contributed by atoms with van der Waals surface area (Å²) in [7, 11) is 0. The first-order chi connectivity index (χ1) is 12.0. The molecule has 0 unspecified atom stereocenters. The first kappa shape index (κ1) is 17.6. The summed E-state index contributed by atoms with van der Waals surface area (Å²) in [6, 6.07) is 10.1. The van der Waals surface area contributed by atoms with E-state index in [0.29, 0.717) is 39.0 Å². The van der Waals surface area contributed by atoms with Crippen LogP contribution < -0.4 is 0 Å². The molecule has 1 saturated heterocycles.